The van der Waals surface area contributed by atoms with Crippen LogP contribution in [-0.2, 0) is 9.53 Å². The van der Waals surface area contributed by atoms with Crippen molar-refractivity contribution in [2.75, 3.05) is 32.8 Å². The number of ether oxygens (including phenoxy) is 1. The van der Waals surface area contributed by atoms with Crippen LogP contribution in [0.15, 0.2) is 0 Å². The minimum absolute atomic E-state index is 0.0271. The third-order valence-electron chi connectivity index (χ3n) is 2.65. The van der Waals surface area contributed by atoms with E-state index in [4.69, 9.17) is 9.84 Å². The fraction of sp³-hybridized carbons (Fsp3) is 0.917. The maximum atomic E-state index is 11.3. The molecule has 0 saturated carbocycles. The lowest BCUT2D eigenvalue weighted by Crippen LogP contribution is -2.48. The maximum absolute atomic E-state index is 11.3. The molecule has 0 saturated heterocycles. The number of nitrogens with one attached hydrogen (secondary N) is 2. The highest BCUT2D eigenvalue weighted by Crippen LogP contribution is 2.03. The summed E-state index contributed by atoms with van der Waals surface area (Å²) in [5.41, 5.74) is 0. The molecule has 0 aromatic heterocycles. The third kappa shape index (κ3) is 8.41. The second kappa shape index (κ2) is 11.0. The molecule has 0 aliphatic carbocycles. The average Bonchev–Trinajstić information content (AvgIpc) is 2.41. The summed E-state index contributed by atoms with van der Waals surface area (Å²) in [5.74, 6) is -0.262. The Morgan fingerprint density at radius 3 is 2.40 bits per heavy atom. The van der Waals surface area contributed by atoms with E-state index < -0.39 is 24.4 Å². The Bertz CT molecular complexity index is 264. The Morgan fingerprint density at radius 1 is 1.20 bits per heavy atom. The lowest BCUT2D eigenvalue weighted by molar-refractivity contribution is -0.121. The standard InChI is InChI=1S/C12H26N2O6/c1-3-20-5-4-14-10(17)7-13-6-9(16)12(19)11(18)8(2)15/h8-9,11-13,15-16,18-19H,3-7H2,1-2H3,(H,14,17)/t8-,9-,11-,12-/m0/s1. The maximum Gasteiger partial charge on any atom is 0.234 e. The van der Waals surface area contributed by atoms with Gasteiger partial charge in [-0.3, -0.25) is 4.79 Å². The van der Waals surface area contributed by atoms with Crippen molar-refractivity contribution in [2.45, 2.75) is 38.3 Å². The fourth-order valence-corrected chi connectivity index (χ4v) is 1.44. The fourth-order valence-electron chi connectivity index (χ4n) is 1.44. The molecule has 0 aromatic carbocycles. The lowest BCUT2D eigenvalue weighted by atomic mass is 10.0. The predicted molar refractivity (Wildman–Crippen MR) is 72.1 cm³/mol. The monoisotopic (exact) mass is 294 g/mol. The Kier molecular flexibility index (Phi) is 10.5. The van der Waals surface area contributed by atoms with Crippen molar-refractivity contribution in [3.63, 3.8) is 0 Å². The van der Waals surface area contributed by atoms with Crippen molar-refractivity contribution in [2.24, 2.45) is 0 Å². The topological polar surface area (TPSA) is 131 Å². The molecule has 0 unspecified atom stereocenters. The van der Waals surface area contributed by atoms with E-state index in [1.165, 1.54) is 6.92 Å². The molecule has 20 heavy (non-hydrogen) atoms. The van der Waals surface area contributed by atoms with Crippen LogP contribution in [-0.4, -0.2) is 83.6 Å². The van der Waals surface area contributed by atoms with Gasteiger partial charge in [0, 0.05) is 19.7 Å². The summed E-state index contributed by atoms with van der Waals surface area (Å²) in [7, 11) is 0. The van der Waals surface area contributed by atoms with Gasteiger partial charge in [-0.25, -0.2) is 0 Å². The molecular formula is C12H26N2O6. The van der Waals surface area contributed by atoms with Crippen LogP contribution in [0.1, 0.15) is 13.8 Å². The van der Waals surface area contributed by atoms with Crippen molar-refractivity contribution in [1.82, 2.24) is 10.6 Å². The quantitative estimate of drug-likeness (QED) is 0.227. The zero-order valence-corrected chi connectivity index (χ0v) is 12.0. The summed E-state index contributed by atoms with van der Waals surface area (Å²) < 4.78 is 5.05. The van der Waals surface area contributed by atoms with Gasteiger partial charge in [-0.2, -0.15) is 0 Å². The molecule has 1 amide bonds. The van der Waals surface area contributed by atoms with Crippen molar-refractivity contribution in [3.8, 4) is 0 Å². The highest BCUT2D eigenvalue weighted by Gasteiger charge is 2.27. The molecule has 0 heterocycles. The van der Waals surface area contributed by atoms with E-state index in [1.54, 1.807) is 0 Å². The number of rotatable bonds is 11. The molecule has 0 aromatic rings. The molecule has 8 nitrogen and oxygen atoms in total. The number of hydrogen-bond donors (Lipinski definition) is 6. The van der Waals surface area contributed by atoms with Gasteiger partial charge in [0.15, 0.2) is 0 Å². The number of carbonyl (C=O) groups excluding carboxylic acids is 1. The normalized spacial score (nSPS) is 17.3. The van der Waals surface area contributed by atoms with Gasteiger partial charge in [0.1, 0.15) is 12.2 Å². The van der Waals surface area contributed by atoms with Crippen LogP contribution < -0.4 is 10.6 Å². The molecule has 8 heteroatoms. The number of amides is 1. The molecular weight excluding hydrogens is 268 g/mol. The van der Waals surface area contributed by atoms with Crippen LogP contribution in [0, 0.1) is 0 Å². The van der Waals surface area contributed by atoms with Gasteiger partial charge in [0.05, 0.1) is 25.4 Å². The number of hydrogen-bond acceptors (Lipinski definition) is 7. The number of aliphatic hydroxyl groups excluding tert-OH is 4. The first-order chi connectivity index (χ1) is 9.40. The molecule has 120 valence electrons. The van der Waals surface area contributed by atoms with Gasteiger partial charge >= 0.3 is 0 Å². The van der Waals surface area contributed by atoms with Crippen molar-refractivity contribution >= 4 is 5.91 Å². The summed E-state index contributed by atoms with van der Waals surface area (Å²) >= 11 is 0. The Labute approximate surface area is 118 Å². The van der Waals surface area contributed by atoms with E-state index in [-0.39, 0.29) is 19.0 Å². The summed E-state index contributed by atoms with van der Waals surface area (Å²) in [6, 6.07) is 0. The van der Waals surface area contributed by atoms with Crippen molar-refractivity contribution < 1.29 is 30.0 Å². The molecule has 0 spiro atoms. The molecule has 0 aliphatic heterocycles. The van der Waals surface area contributed by atoms with Crippen LogP contribution >= 0.6 is 0 Å². The van der Waals surface area contributed by atoms with Crippen LogP contribution in [0.2, 0.25) is 0 Å². The van der Waals surface area contributed by atoms with Crippen LogP contribution in [0.25, 0.3) is 0 Å². The SMILES string of the molecule is CCOCCNC(=O)CNC[C@H](O)[C@H](O)[C@@H](O)[C@H](C)O. The van der Waals surface area contributed by atoms with E-state index in [0.717, 1.165) is 0 Å². The average molecular weight is 294 g/mol. The number of aliphatic hydroxyl groups is 4. The smallest absolute Gasteiger partial charge is 0.234 e. The Balaban J connectivity index is 3.74. The second-order valence-corrected chi connectivity index (χ2v) is 4.47. The number of carbonyl (C=O) groups is 1. The first-order valence-corrected chi connectivity index (χ1v) is 6.67. The van der Waals surface area contributed by atoms with Gasteiger partial charge in [0.2, 0.25) is 5.91 Å². The van der Waals surface area contributed by atoms with Gasteiger partial charge in [0.25, 0.3) is 0 Å². The minimum Gasteiger partial charge on any atom is -0.391 e. The molecule has 0 aliphatic rings. The zero-order valence-electron chi connectivity index (χ0n) is 12.0. The van der Waals surface area contributed by atoms with E-state index >= 15 is 0 Å². The zero-order chi connectivity index (χ0) is 15.5. The first kappa shape index (κ1) is 19.2. The molecule has 0 fully saturated rings. The molecule has 6 N–H and O–H groups in total. The van der Waals surface area contributed by atoms with Gasteiger partial charge in [-0.05, 0) is 13.8 Å². The molecule has 0 bridgehead atoms. The highest BCUT2D eigenvalue weighted by atomic mass is 16.5. The summed E-state index contributed by atoms with van der Waals surface area (Å²) in [6.45, 7) is 4.48. The van der Waals surface area contributed by atoms with Crippen LogP contribution in [0.5, 0.6) is 0 Å². The summed E-state index contributed by atoms with van der Waals surface area (Å²) in [4.78, 5) is 11.3. The van der Waals surface area contributed by atoms with E-state index in [1.807, 2.05) is 6.92 Å². The predicted octanol–water partition coefficient (Wildman–Crippen LogP) is -2.81. The lowest BCUT2D eigenvalue weighted by Gasteiger charge is -2.24. The first-order valence-electron chi connectivity index (χ1n) is 6.67. The van der Waals surface area contributed by atoms with E-state index in [0.29, 0.717) is 19.8 Å². The minimum atomic E-state index is -1.48. The van der Waals surface area contributed by atoms with E-state index in [9.17, 15) is 20.1 Å². The third-order valence-corrected chi connectivity index (χ3v) is 2.65. The largest absolute Gasteiger partial charge is 0.391 e. The van der Waals surface area contributed by atoms with Crippen LogP contribution in [0.4, 0.5) is 0 Å². The highest BCUT2D eigenvalue weighted by molar-refractivity contribution is 5.77. The molecule has 0 radical (unpaired) electrons. The summed E-state index contributed by atoms with van der Waals surface area (Å²) in [5, 5.41) is 42.7. The Morgan fingerprint density at radius 2 is 1.85 bits per heavy atom. The summed E-state index contributed by atoms with van der Waals surface area (Å²) in [6.07, 6.45) is -5.35. The van der Waals surface area contributed by atoms with Crippen molar-refractivity contribution in [3.05, 3.63) is 0 Å². The second-order valence-electron chi connectivity index (χ2n) is 4.47. The van der Waals surface area contributed by atoms with Crippen molar-refractivity contribution in [1.29, 1.82) is 0 Å². The van der Waals surface area contributed by atoms with Gasteiger partial charge in [-0.1, -0.05) is 0 Å². The molecule has 0 rings (SSSR count). The van der Waals surface area contributed by atoms with E-state index in [2.05, 4.69) is 10.6 Å². The van der Waals surface area contributed by atoms with Gasteiger partial charge < -0.3 is 35.8 Å². The molecule has 4 atom stereocenters. The van der Waals surface area contributed by atoms with Gasteiger partial charge in [-0.15, -0.1) is 0 Å². The van der Waals surface area contributed by atoms with Crippen LogP contribution in [0.3, 0.4) is 0 Å². The Hall–Kier alpha value is -0.770.